The highest BCUT2D eigenvalue weighted by molar-refractivity contribution is 6.30. The van der Waals surface area contributed by atoms with Crippen LogP contribution >= 0.6 is 11.6 Å². The van der Waals surface area contributed by atoms with Crippen molar-refractivity contribution in [2.45, 2.75) is 12.5 Å². The van der Waals surface area contributed by atoms with Gasteiger partial charge in [0, 0.05) is 24.0 Å². The Balaban J connectivity index is 1.55. The highest BCUT2D eigenvalue weighted by atomic mass is 35.5. The number of imidazole rings is 1. The van der Waals surface area contributed by atoms with Crippen molar-refractivity contribution in [2.75, 3.05) is 6.54 Å². The number of fused-ring (bicyclic) bond motifs is 1. The lowest BCUT2D eigenvalue weighted by atomic mass is 10.1. The number of hydrogen-bond donors (Lipinski definition) is 2. The molecule has 5 nitrogen and oxygen atoms in total. The average Bonchev–Trinajstić information content (AvgIpc) is 2.95. The van der Waals surface area contributed by atoms with Gasteiger partial charge >= 0.3 is 0 Å². The van der Waals surface area contributed by atoms with Gasteiger partial charge in [-0.1, -0.05) is 29.8 Å². The molecule has 2 N–H and O–H groups in total. The van der Waals surface area contributed by atoms with Crippen molar-refractivity contribution in [3.63, 3.8) is 0 Å². The number of aromatic nitrogens is 2. The van der Waals surface area contributed by atoms with E-state index in [-0.39, 0.29) is 18.9 Å². The fourth-order valence-electron chi connectivity index (χ4n) is 2.31. The molecule has 1 unspecified atom stereocenters. The Morgan fingerprint density at radius 2 is 2.04 bits per heavy atom. The van der Waals surface area contributed by atoms with Crippen LogP contribution < -0.4 is 5.32 Å². The van der Waals surface area contributed by atoms with Crippen molar-refractivity contribution < 1.29 is 9.90 Å². The largest absolute Gasteiger partial charge is 0.387 e. The summed E-state index contributed by atoms with van der Waals surface area (Å²) < 4.78 is 1.87. The molecule has 1 atom stereocenters. The number of carbonyl (C=O) groups is 1. The molecule has 118 valence electrons. The molecule has 0 saturated heterocycles. The average molecular weight is 330 g/mol. The Morgan fingerprint density at radius 1 is 1.26 bits per heavy atom. The number of benzene rings is 1. The van der Waals surface area contributed by atoms with E-state index in [1.165, 1.54) is 0 Å². The minimum absolute atomic E-state index is 0.147. The predicted molar refractivity (Wildman–Crippen MR) is 88.3 cm³/mol. The number of hydrogen-bond acceptors (Lipinski definition) is 3. The third kappa shape index (κ3) is 3.88. The number of rotatable bonds is 5. The van der Waals surface area contributed by atoms with E-state index in [1.807, 2.05) is 35.0 Å². The minimum Gasteiger partial charge on any atom is -0.387 e. The molecule has 0 bridgehead atoms. The zero-order chi connectivity index (χ0) is 16.2. The predicted octanol–water partition coefficient (Wildman–Crippen LogP) is 2.38. The molecule has 0 aliphatic carbocycles. The van der Waals surface area contributed by atoms with E-state index in [0.29, 0.717) is 16.3 Å². The van der Waals surface area contributed by atoms with Gasteiger partial charge in [-0.25, -0.2) is 4.98 Å². The van der Waals surface area contributed by atoms with Crippen molar-refractivity contribution >= 4 is 23.2 Å². The zero-order valence-corrected chi connectivity index (χ0v) is 13.1. The van der Waals surface area contributed by atoms with Gasteiger partial charge in [-0.15, -0.1) is 0 Å². The van der Waals surface area contributed by atoms with Crippen LogP contribution in [0, 0.1) is 0 Å². The van der Waals surface area contributed by atoms with E-state index in [0.717, 1.165) is 5.65 Å². The van der Waals surface area contributed by atoms with E-state index < -0.39 is 6.10 Å². The van der Waals surface area contributed by atoms with Crippen LogP contribution in [0.2, 0.25) is 5.02 Å². The molecule has 0 aliphatic rings. The molecule has 0 aliphatic heterocycles. The van der Waals surface area contributed by atoms with Gasteiger partial charge in [0.25, 0.3) is 0 Å². The maximum absolute atomic E-state index is 12.0. The summed E-state index contributed by atoms with van der Waals surface area (Å²) in [6.45, 7) is 0.147. The van der Waals surface area contributed by atoms with Crippen molar-refractivity contribution in [1.82, 2.24) is 14.7 Å². The Hall–Kier alpha value is -2.37. The Morgan fingerprint density at radius 3 is 2.78 bits per heavy atom. The normalized spacial score (nSPS) is 12.3. The molecule has 0 spiro atoms. The maximum Gasteiger partial charge on any atom is 0.226 e. The van der Waals surface area contributed by atoms with Gasteiger partial charge in [-0.3, -0.25) is 4.79 Å². The first kappa shape index (κ1) is 15.5. The smallest absolute Gasteiger partial charge is 0.226 e. The molecular weight excluding hydrogens is 314 g/mol. The molecule has 1 amide bonds. The van der Waals surface area contributed by atoms with Crippen LogP contribution in [0.5, 0.6) is 0 Å². The molecule has 0 saturated carbocycles. The van der Waals surface area contributed by atoms with E-state index >= 15 is 0 Å². The SMILES string of the molecule is O=C(Cc1cn2ccccc2n1)NCC(O)c1ccc(Cl)cc1. The molecule has 6 heteroatoms. The van der Waals surface area contributed by atoms with Crippen molar-refractivity contribution in [3.8, 4) is 0 Å². The maximum atomic E-state index is 12.0. The fraction of sp³-hybridized carbons (Fsp3) is 0.176. The third-order valence-corrected chi connectivity index (χ3v) is 3.75. The van der Waals surface area contributed by atoms with E-state index in [9.17, 15) is 9.90 Å². The van der Waals surface area contributed by atoms with Gasteiger partial charge in [0.1, 0.15) is 5.65 Å². The van der Waals surface area contributed by atoms with Crippen LogP contribution in [0.4, 0.5) is 0 Å². The summed E-state index contributed by atoms with van der Waals surface area (Å²) in [5, 5.41) is 13.4. The standard InChI is InChI=1S/C17H16ClN3O2/c18-13-6-4-12(5-7-13)15(22)10-19-17(23)9-14-11-21-8-2-1-3-16(21)20-14/h1-8,11,15,22H,9-10H2,(H,19,23). The molecule has 1 aromatic carbocycles. The van der Waals surface area contributed by atoms with Crippen molar-refractivity contribution in [1.29, 1.82) is 0 Å². The summed E-state index contributed by atoms with van der Waals surface area (Å²) >= 11 is 5.81. The summed E-state index contributed by atoms with van der Waals surface area (Å²) in [5.41, 5.74) is 2.20. The number of carbonyl (C=O) groups excluding carboxylic acids is 1. The summed E-state index contributed by atoms with van der Waals surface area (Å²) in [6.07, 6.45) is 3.12. The summed E-state index contributed by atoms with van der Waals surface area (Å²) in [4.78, 5) is 16.4. The summed E-state index contributed by atoms with van der Waals surface area (Å²) in [7, 11) is 0. The van der Waals surface area contributed by atoms with Gasteiger partial charge < -0.3 is 14.8 Å². The Labute approximate surface area is 138 Å². The second-order valence-corrected chi connectivity index (χ2v) is 5.68. The van der Waals surface area contributed by atoms with Crippen LogP contribution in [0.25, 0.3) is 5.65 Å². The van der Waals surface area contributed by atoms with Crippen LogP contribution in [-0.2, 0) is 11.2 Å². The van der Waals surface area contributed by atoms with Gasteiger partial charge in [-0.2, -0.15) is 0 Å². The van der Waals surface area contributed by atoms with Crippen LogP contribution in [0.3, 0.4) is 0 Å². The first-order chi connectivity index (χ1) is 11.1. The molecular formula is C17H16ClN3O2. The van der Waals surface area contributed by atoms with Crippen LogP contribution in [0.1, 0.15) is 17.4 Å². The summed E-state index contributed by atoms with van der Waals surface area (Å²) in [5.74, 6) is -0.179. The summed E-state index contributed by atoms with van der Waals surface area (Å²) in [6, 6.07) is 12.6. The number of amides is 1. The lowest BCUT2D eigenvalue weighted by Crippen LogP contribution is -2.29. The van der Waals surface area contributed by atoms with Crippen molar-refractivity contribution in [2.24, 2.45) is 0 Å². The van der Waals surface area contributed by atoms with E-state index in [1.54, 1.807) is 24.3 Å². The van der Waals surface area contributed by atoms with Crippen LogP contribution in [0.15, 0.2) is 54.9 Å². The fourth-order valence-corrected chi connectivity index (χ4v) is 2.44. The van der Waals surface area contributed by atoms with Gasteiger partial charge in [0.05, 0.1) is 18.2 Å². The van der Waals surface area contributed by atoms with E-state index in [4.69, 9.17) is 11.6 Å². The lowest BCUT2D eigenvalue weighted by Gasteiger charge is -2.12. The number of aliphatic hydroxyl groups is 1. The molecule has 3 aromatic rings. The highest BCUT2D eigenvalue weighted by Gasteiger charge is 2.11. The first-order valence-corrected chi connectivity index (χ1v) is 7.62. The monoisotopic (exact) mass is 329 g/mol. The highest BCUT2D eigenvalue weighted by Crippen LogP contribution is 2.15. The number of nitrogens with zero attached hydrogens (tertiary/aromatic N) is 2. The molecule has 0 radical (unpaired) electrons. The quantitative estimate of drug-likeness (QED) is 0.755. The number of nitrogens with one attached hydrogen (secondary N) is 1. The van der Waals surface area contributed by atoms with E-state index in [2.05, 4.69) is 10.3 Å². The molecule has 3 rings (SSSR count). The van der Waals surface area contributed by atoms with Gasteiger partial charge in [0.15, 0.2) is 0 Å². The second kappa shape index (κ2) is 6.81. The van der Waals surface area contributed by atoms with Gasteiger partial charge in [-0.05, 0) is 29.8 Å². The molecule has 23 heavy (non-hydrogen) atoms. The number of pyridine rings is 1. The van der Waals surface area contributed by atoms with Gasteiger partial charge in [0.2, 0.25) is 5.91 Å². The van der Waals surface area contributed by atoms with Crippen LogP contribution in [-0.4, -0.2) is 26.9 Å². The first-order valence-electron chi connectivity index (χ1n) is 7.24. The zero-order valence-electron chi connectivity index (χ0n) is 12.3. The minimum atomic E-state index is -0.766. The topological polar surface area (TPSA) is 66.6 Å². The molecule has 2 heterocycles. The van der Waals surface area contributed by atoms with Crippen molar-refractivity contribution in [3.05, 3.63) is 71.1 Å². The Bertz CT molecular complexity index is 781. The number of aliphatic hydroxyl groups excluding tert-OH is 1. The lowest BCUT2D eigenvalue weighted by molar-refractivity contribution is -0.120. The molecule has 2 aromatic heterocycles. The Kier molecular flexibility index (Phi) is 4.60. The second-order valence-electron chi connectivity index (χ2n) is 5.25. The number of halogens is 1. The molecule has 0 fully saturated rings. The third-order valence-electron chi connectivity index (χ3n) is 3.50.